The second kappa shape index (κ2) is 3.75. The molecule has 2 nitrogen and oxygen atoms in total. The SMILES string of the molecule is CC1CCC(CC2CC[CH]O2)O1. The van der Waals surface area contributed by atoms with Crippen LogP contribution in [0.15, 0.2) is 0 Å². The molecule has 0 amide bonds. The fourth-order valence-electron chi connectivity index (χ4n) is 2.05. The predicted molar refractivity (Wildman–Crippen MR) is 46.6 cm³/mol. The predicted octanol–water partition coefficient (Wildman–Crippen LogP) is 2.28. The molecule has 1 radical (unpaired) electrons. The summed E-state index contributed by atoms with van der Waals surface area (Å²) in [5.74, 6) is 0. The van der Waals surface area contributed by atoms with Gasteiger partial charge in [0.2, 0.25) is 0 Å². The third-order valence-electron chi connectivity index (χ3n) is 2.74. The Morgan fingerprint density at radius 2 is 2.17 bits per heavy atom. The zero-order valence-corrected chi connectivity index (χ0v) is 7.66. The standard InChI is InChI=1S/C10H17O2/c1-8-4-5-10(12-8)7-9-3-2-6-11-9/h6,8-10H,2-5,7H2,1H3. The van der Waals surface area contributed by atoms with Crippen molar-refractivity contribution in [3.63, 3.8) is 0 Å². The summed E-state index contributed by atoms with van der Waals surface area (Å²) < 4.78 is 11.2. The van der Waals surface area contributed by atoms with E-state index in [4.69, 9.17) is 9.47 Å². The maximum atomic E-state index is 5.73. The normalized spacial score (nSPS) is 42.2. The summed E-state index contributed by atoms with van der Waals surface area (Å²) in [6.45, 7) is 4.09. The van der Waals surface area contributed by atoms with E-state index in [2.05, 4.69) is 6.92 Å². The van der Waals surface area contributed by atoms with Gasteiger partial charge in [-0.1, -0.05) is 0 Å². The minimum Gasteiger partial charge on any atom is -0.375 e. The molecule has 2 aliphatic heterocycles. The average Bonchev–Trinajstić information content (AvgIpc) is 2.63. The molecule has 2 saturated heterocycles. The minimum atomic E-state index is 0.445. The molecule has 0 aromatic rings. The van der Waals surface area contributed by atoms with Gasteiger partial charge in [-0.2, -0.15) is 0 Å². The van der Waals surface area contributed by atoms with E-state index < -0.39 is 0 Å². The highest BCUT2D eigenvalue weighted by Gasteiger charge is 2.26. The molecule has 0 bridgehead atoms. The summed E-state index contributed by atoms with van der Waals surface area (Å²) in [6.07, 6.45) is 7.24. The lowest BCUT2D eigenvalue weighted by Crippen LogP contribution is -2.16. The molecule has 2 rings (SSSR count). The molecule has 0 spiro atoms. The van der Waals surface area contributed by atoms with Gasteiger partial charge in [-0.25, -0.2) is 0 Å². The molecule has 2 heteroatoms. The van der Waals surface area contributed by atoms with Crippen LogP contribution in [0.5, 0.6) is 0 Å². The summed E-state index contributed by atoms with van der Waals surface area (Å²) >= 11 is 0. The van der Waals surface area contributed by atoms with Crippen LogP contribution in [0, 0.1) is 6.61 Å². The smallest absolute Gasteiger partial charge is 0.0841 e. The first kappa shape index (κ1) is 8.52. The monoisotopic (exact) mass is 169 g/mol. The van der Waals surface area contributed by atoms with Crippen molar-refractivity contribution in [3.05, 3.63) is 6.61 Å². The Kier molecular flexibility index (Phi) is 2.66. The van der Waals surface area contributed by atoms with Crippen LogP contribution >= 0.6 is 0 Å². The molecule has 69 valence electrons. The quantitative estimate of drug-likeness (QED) is 0.631. The highest BCUT2D eigenvalue weighted by Crippen LogP contribution is 2.27. The Balaban J connectivity index is 1.72. The van der Waals surface area contributed by atoms with E-state index in [1.807, 2.05) is 6.61 Å². The summed E-state index contributed by atoms with van der Waals surface area (Å²) in [4.78, 5) is 0. The third kappa shape index (κ3) is 1.99. The molecule has 3 atom stereocenters. The molecule has 2 fully saturated rings. The summed E-state index contributed by atoms with van der Waals surface area (Å²) in [5.41, 5.74) is 0. The van der Waals surface area contributed by atoms with E-state index in [0.29, 0.717) is 18.3 Å². The summed E-state index contributed by atoms with van der Waals surface area (Å²) in [6, 6.07) is 0. The van der Waals surface area contributed by atoms with Crippen LogP contribution in [0.25, 0.3) is 0 Å². The van der Waals surface area contributed by atoms with E-state index in [0.717, 1.165) is 12.8 Å². The first-order valence-electron chi connectivity index (χ1n) is 4.97. The van der Waals surface area contributed by atoms with Crippen molar-refractivity contribution in [1.29, 1.82) is 0 Å². The van der Waals surface area contributed by atoms with Crippen LogP contribution in [0.4, 0.5) is 0 Å². The molecule has 2 heterocycles. The van der Waals surface area contributed by atoms with Gasteiger partial charge in [-0.3, -0.25) is 0 Å². The van der Waals surface area contributed by atoms with Crippen LogP contribution in [0.3, 0.4) is 0 Å². The zero-order chi connectivity index (χ0) is 8.39. The van der Waals surface area contributed by atoms with Gasteiger partial charge in [-0.15, -0.1) is 0 Å². The molecule has 3 unspecified atom stereocenters. The number of hydrogen-bond acceptors (Lipinski definition) is 2. The van der Waals surface area contributed by atoms with Gasteiger partial charge in [0.05, 0.1) is 24.9 Å². The Bertz CT molecular complexity index is 141. The van der Waals surface area contributed by atoms with Crippen LogP contribution in [0.2, 0.25) is 0 Å². The Labute approximate surface area is 74.2 Å². The largest absolute Gasteiger partial charge is 0.375 e. The molecule has 0 aromatic heterocycles. The van der Waals surface area contributed by atoms with E-state index in [1.165, 1.54) is 19.3 Å². The van der Waals surface area contributed by atoms with Gasteiger partial charge >= 0.3 is 0 Å². The molecule has 0 aromatic carbocycles. The van der Waals surface area contributed by atoms with E-state index >= 15 is 0 Å². The second-order valence-corrected chi connectivity index (χ2v) is 3.88. The molecule has 0 N–H and O–H groups in total. The maximum absolute atomic E-state index is 5.73. The Hall–Kier alpha value is -0.0800. The van der Waals surface area contributed by atoms with Crippen molar-refractivity contribution in [2.24, 2.45) is 0 Å². The topological polar surface area (TPSA) is 18.5 Å². The fourth-order valence-corrected chi connectivity index (χ4v) is 2.05. The number of ether oxygens (including phenoxy) is 2. The van der Waals surface area contributed by atoms with Crippen molar-refractivity contribution in [2.45, 2.75) is 57.3 Å². The van der Waals surface area contributed by atoms with Crippen LogP contribution in [-0.2, 0) is 9.47 Å². The van der Waals surface area contributed by atoms with E-state index in [1.54, 1.807) is 0 Å². The van der Waals surface area contributed by atoms with E-state index in [9.17, 15) is 0 Å². The van der Waals surface area contributed by atoms with Crippen molar-refractivity contribution < 1.29 is 9.47 Å². The molecule has 12 heavy (non-hydrogen) atoms. The minimum absolute atomic E-state index is 0.445. The molecule has 2 aliphatic rings. The lowest BCUT2D eigenvalue weighted by atomic mass is 10.1. The summed E-state index contributed by atoms with van der Waals surface area (Å²) in [7, 11) is 0. The summed E-state index contributed by atoms with van der Waals surface area (Å²) in [5, 5.41) is 0. The lowest BCUT2D eigenvalue weighted by Gasteiger charge is -2.15. The van der Waals surface area contributed by atoms with Gasteiger partial charge in [0.25, 0.3) is 0 Å². The number of rotatable bonds is 2. The average molecular weight is 169 g/mol. The Morgan fingerprint density at radius 3 is 2.75 bits per heavy atom. The maximum Gasteiger partial charge on any atom is 0.0841 e. The second-order valence-electron chi connectivity index (χ2n) is 3.88. The van der Waals surface area contributed by atoms with Crippen molar-refractivity contribution in [3.8, 4) is 0 Å². The Morgan fingerprint density at radius 1 is 1.25 bits per heavy atom. The third-order valence-corrected chi connectivity index (χ3v) is 2.74. The van der Waals surface area contributed by atoms with Gasteiger partial charge in [0, 0.05) is 0 Å². The first-order valence-corrected chi connectivity index (χ1v) is 4.97. The van der Waals surface area contributed by atoms with Crippen molar-refractivity contribution in [2.75, 3.05) is 0 Å². The molecular weight excluding hydrogens is 152 g/mol. The molecular formula is C10H17O2. The van der Waals surface area contributed by atoms with Gasteiger partial charge < -0.3 is 9.47 Å². The van der Waals surface area contributed by atoms with Gasteiger partial charge in [0.1, 0.15) is 0 Å². The number of hydrogen-bond donors (Lipinski definition) is 0. The lowest BCUT2D eigenvalue weighted by molar-refractivity contribution is 0.0188. The van der Waals surface area contributed by atoms with Crippen LogP contribution in [0.1, 0.15) is 39.0 Å². The van der Waals surface area contributed by atoms with Crippen LogP contribution < -0.4 is 0 Å². The van der Waals surface area contributed by atoms with E-state index in [-0.39, 0.29) is 0 Å². The van der Waals surface area contributed by atoms with Gasteiger partial charge in [-0.05, 0) is 39.0 Å². The zero-order valence-electron chi connectivity index (χ0n) is 7.66. The molecule has 0 aliphatic carbocycles. The fraction of sp³-hybridized carbons (Fsp3) is 0.900. The van der Waals surface area contributed by atoms with Crippen LogP contribution in [-0.4, -0.2) is 18.3 Å². The highest BCUT2D eigenvalue weighted by molar-refractivity contribution is 4.78. The molecule has 0 saturated carbocycles. The van der Waals surface area contributed by atoms with Crippen molar-refractivity contribution in [1.82, 2.24) is 0 Å². The first-order chi connectivity index (χ1) is 5.84. The highest BCUT2D eigenvalue weighted by atomic mass is 16.5. The van der Waals surface area contributed by atoms with Crippen molar-refractivity contribution >= 4 is 0 Å². The van der Waals surface area contributed by atoms with Gasteiger partial charge in [0.15, 0.2) is 0 Å².